The van der Waals surface area contributed by atoms with E-state index in [-0.39, 0.29) is 0 Å². The number of unbranched alkanes of at least 4 members (excludes halogenated alkanes) is 1. The minimum absolute atomic E-state index is 0.465. The van der Waals surface area contributed by atoms with Crippen LogP contribution in [-0.2, 0) is 24.1 Å². The van der Waals surface area contributed by atoms with Crippen LogP contribution in [-0.4, -0.2) is 17.0 Å². The maximum atomic E-state index is 10.8. The van der Waals surface area contributed by atoms with Crippen LogP contribution in [0.5, 0.6) is 0 Å². The number of aromatic nitrogens is 1. The summed E-state index contributed by atoms with van der Waals surface area (Å²) in [6, 6.07) is 10.7. The number of rotatable bonds is 10. The molecule has 1 aromatic carbocycles. The molecule has 0 saturated carbocycles. The van der Waals surface area contributed by atoms with E-state index in [1.807, 2.05) is 6.92 Å². The van der Waals surface area contributed by atoms with Crippen LogP contribution in [0.2, 0.25) is 0 Å². The molecule has 0 aliphatic carbocycles. The van der Waals surface area contributed by atoms with Crippen molar-refractivity contribution < 1.29 is 9.21 Å². The maximum Gasteiger partial charge on any atom is 0.150 e. The predicted octanol–water partition coefficient (Wildman–Crippen LogP) is 6.44. The topological polar surface area (TPSA) is 43.1 Å². The molecule has 0 aliphatic heterocycles. The van der Waals surface area contributed by atoms with Gasteiger partial charge >= 0.3 is 0 Å². The molecule has 2 heterocycles. The number of thiazole rings is 1. The molecule has 0 bridgehead atoms. The highest BCUT2D eigenvalue weighted by atomic mass is 32.2. The molecule has 0 amide bonds. The fourth-order valence-corrected chi connectivity index (χ4v) is 5.29. The lowest BCUT2D eigenvalue weighted by Crippen LogP contribution is -1.92. The lowest BCUT2D eigenvalue weighted by atomic mass is 10.1. The third-order valence-corrected chi connectivity index (χ3v) is 7.05. The Morgan fingerprint density at radius 2 is 1.96 bits per heavy atom. The molecule has 148 valence electrons. The number of aryl methyl sites for hydroxylation is 4. The summed E-state index contributed by atoms with van der Waals surface area (Å²) < 4.78 is 7.29. The van der Waals surface area contributed by atoms with Gasteiger partial charge in [-0.2, -0.15) is 0 Å². The zero-order valence-electron chi connectivity index (χ0n) is 16.8. The minimum atomic E-state index is 0.465. The van der Waals surface area contributed by atoms with Gasteiger partial charge in [-0.25, -0.2) is 4.98 Å². The van der Waals surface area contributed by atoms with E-state index in [0.717, 1.165) is 69.7 Å². The molecule has 3 rings (SSSR count). The quantitative estimate of drug-likeness (QED) is 0.283. The fraction of sp³-hybridized carbons (Fsp3) is 0.391. The normalized spacial score (nSPS) is 11.1. The van der Waals surface area contributed by atoms with Crippen molar-refractivity contribution in [3.63, 3.8) is 0 Å². The maximum absolute atomic E-state index is 10.8. The van der Waals surface area contributed by atoms with Gasteiger partial charge in [0.25, 0.3) is 0 Å². The summed E-state index contributed by atoms with van der Waals surface area (Å²) in [6.07, 6.45) is 5.66. The Morgan fingerprint density at radius 3 is 2.68 bits per heavy atom. The number of carbonyl (C=O) groups is 1. The van der Waals surface area contributed by atoms with Crippen molar-refractivity contribution >= 4 is 29.4 Å². The summed E-state index contributed by atoms with van der Waals surface area (Å²) in [7, 11) is 0. The van der Waals surface area contributed by atoms with Crippen molar-refractivity contribution in [1.82, 2.24) is 4.98 Å². The van der Waals surface area contributed by atoms with Gasteiger partial charge in [-0.3, -0.25) is 0 Å². The third kappa shape index (κ3) is 5.36. The summed E-state index contributed by atoms with van der Waals surface area (Å²) in [5.41, 5.74) is 4.67. The second-order valence-electron chi connectivity index (χ2n) is 6.99. The van der Waals surface area contributed by atoms with Gasteiger partial charge in [0.1, 0.15) is 22.1 Å². The minimum Gasteiger partial charge on any atom is -0.461 e. The molecule has 0 atom stereocenters. The van der Waals surface area contributed by atoms with E-state index in [1.165, 1.54) is 11.1 Å². The van der Waals surface area contributed by atoms with Crippen molar-refractivity contribution in [1.29, 1.82) is 0 Å². The molecule has 0 spiro atoms. The van der Waals surface area contributed by atoms with Crippen LogP contribution in [0.15, 0.2) is 39.1 Å². The van der Waals surface area contributed by atoms with Crippen molar-refractivity contribution in [2.75, 3.05) is 5.75 Å². The van der Waals surface area contributed by atoms with Crippen molar-refractivity contribution in [2.45, 2.75) is 57.2 Å². The number of hydrogen-bond donors (Lipinski definition) is 0. The smallest absolute Gasteiger partial charge is 0.150 e. The van der Waals surface area contributed by atoms with Gasteiger partial charge < -0.3 is 9.21 Å². The first-order valence-electron chi connectivity index (χ1n) is 9.82. The first-order chi connectivity index (χ1) is 13.6. The second-order valence-corrected chi connectivity index (χ2v) is 9.41. The average Bonchev–Trinajstić information content (AvgIpc) is 3.24. The van der Waals surface area contributed by atoms with Gasteiger partial charge in [-0.15, -0.1) is 11.3 Å². The standard InChI is InChI=1S/C23H27NO2S2/c1-4-5-6-20-19(15-21(26-20)18-9-7-16(2)8-10-18)12-14-27-23-24-17(3)22(28-23)11-13-25/h7-10,13,15H,4-6,11-12,14H2,1-3H3. The number of nitrogens with zero attached hydrogens (tertiary/aromatic N) is 1. The fourth-order valence-electron chi connectivity index (χ4n) is 3.06. The van der Waals surface area contributed by atoms with E-state index in [4.69, 9.17) is 4.42 Å². The van der Waals surface area contributed by atoms with Crippen LogP contribution in [0, 0.1) is 13.8 Å². The van der Waals surface area contributed by atoms with Crippen LogP contribution in [0.25, 0.3) is 11.3 Å². The highest BCUT2D eigenvalue weighted by molar-refractivity contribution is 8.01. The molecule has 0 saturated heterocycles. The van der Waals surface area contributed by atoms with Crippen molar-refractivity contribution in [2.24, 2.45) is 0 Å². The Morgan fingerprint density at radius 1 is 1.18 bits per heavy atom. The molecular formula is C23H27NO2S2. The molecule has 0 fully saturated rings. The summed E-state index contributed by atoms with van der Waals surface area (Å²) in [4.78, 5) is 16.4. The summed E-state index contributed by atoms with van der Waals surface area (Å²) in [5, 5.41) is 0. The van der Waals surface area contributed by atoms with E-state index in [2.05, 4.69) is 49.2 Å². The Labute approximate surface area is 175 Å². The average molecular weight is 414 g/mol. The van der Waals surface area contributed by atoms with Crippen LogP contribution in [0.4, 0.5) is 0 Å². The number of aldehydes is 1. The summed E-state index contributed by atoms with van der Waals surface area (Å²) >= 11 is 3.40. The van der Waals surface area contributed by atoms with Crippen molar-refractivity contribution in [3.8, 4) is 11.3 Å². The molecule has 0 aliphatic rings. The zero-order chi connectivity index (χ0) is 19.9. The van der Waals surface area contributed by atoms with E-state index in [9.17, 15) is 4.79 Å². The highest BCUT2D eigenvalue weighted by Crippen LogP contribution is 2.31. The number of furan rings is 1. The molecule has 0 N–H and O–H groups in total. The number of carbonyl (C=O) groups excluding carboxylic acids is 1. The molecule has 0 radical (unpaired) electrons. The Balaban J connectivity index is 1.70. The Bertz CT molecular complexity index is 909. The Kier molecular flexibility index (Phi) is 7.51. The largest absolute Gasteiger partial charge is 0.461 e. The second kappa shape index (κ2) is 10.1. The van der Waals surface area contributed by atoms with E-state index in [1.54, 1.807) is 23.1 Å². The molecule has 5 heteroatoms. The number of thioether (sulfide) groups is 1. The molecule has 28 heavy (non-hydrogen) atoms. The molecule has 0 unspecified atom stereocenters. The first-order valence-corrected chi connectivity index (χ1v) is 11.6. The van der Waals surface area contributed by atoms with Crippen LogP contribution < -0.4 is 0 Å². The third-order valence-electron chi connectivity index (χ3n) is 4.73. The van der Waals surface area contributed by atoms with Crippen LogP contribution >= 0.6 is 23.1 Å². The Hall–Kier alpha value is -1.85. The SMILES string of the molecule is CCCCc1oc(-c2ccc(C)cc2)cc1CCSc1nc(C)c(CC=O)s1. The number of benzene rings is 1. The monoisotopic (exact) mass is 413 g/mol. The highest BCUT2D eigenvalue weighted by Gasteiger charge is 2.13. The molecule has 3 aromatic rings. The number of hydrogen-bond acceptors (Lipinski definition) is 5. The predicted molar refractivity (Wildman–Crippen MR) is 119 cm³/mol. The first kappa shape index (κ1) is 20.9. The lowest BCUT2D eigenvalue weighted by Gasteiger charge is -2.01. The van der Waals surface area contributed by atoms with E-state index in [0.29, 0.717) is 6.42 Å². The van der Waals surface area contributed by atoms with Crippen molar-refractivity contribution in [3.05, 3.63) is 57.8 Å². The van der Waals surface area contributed by atoms with Gasteiger partial charge in [0, 0.05) is 29.0 Å². The summed E-state index contributed by atoms with van der Waals surface area (Å²) in [5.74, 6) is 3.04. The van der Waals surface area contributed by atoms with E-state index >= 15 is 0 Å². The molecular weight excluding hydrogens is 386 g/mol. The van der Waals surface area contributed by atoms with Gasteiger partial charge in [0.15, 0.2) is 0 Å². The van der Waals surface area contributed by atoms with Gasteiger partial charge in [0.05, 0.1) is 5.69 Å². The molecule has 3 nitrogen and oxygen atoms in total. The van der Waals surface area contributed by atoms with Gasteiger partial charge in [-0.05, 0) is 38.3 Å². The molecule has 2 aromatic heterocycles. The lowest BCUT2D eigenvalue weighted by molar-refractivity contribution is -0.107. The van der Waals surface area contributed by atoms with E-state index < -0.39 is 0 Å². The van der Waals surface area contributed by atoms with Crippen LogP contribution in [0.3, 0.4) is 0 Å². The van der Waals surface area contributed by atoms with Crippen LogP contribution in [0.1, 0.15) is 47.2 Å². The summed E-state index contributed by atoms with van der Waals surface area (Å²) in [6.45, 7) is 6.29. The zero-order valence-corrected chi connectivity index (χ0v) is 18.4. The van der Waals surface area contributed by atoms with Gasteiger partial charge in [0.2, 0.25) is 0 Å². The van der Waals surface area contributed by atoms with Gasteiger partial charge in [-0.1, -0.05) is 54.9 Å².